The standard InChI is InChI=1S/C11H20N2O2/c1-4-6-13-8-11(2,3)12-10(15)9(13)5-7-14/h4,9,14H,1,5-8H2,2-3H3,(H,12,15). The summed E-state index contributed by atoms with van der Waals surface area (Å²) >= 11 is 0. The van der Waals surface area contributed by atoms with E-state index >= 15 is 0 Å². The van der Waals surface area contributed by atoms with Gasteiger partial charge in [0.1, 0.15) is 0 Å². The van der Waals surface area contributed by atoms with Gasteiger partial charge in [-0.3, -0.25) is 9.69 Å². The second-order valence-corrected chi connectivity index (χ2v) is 4.62. The monoisotopic (exact) mass is 212 g/mol. The van der Waals surface area contributed by atoms with Gasteiger partial charge in [0.15, 0.2) is 0 Å². The Morgan fingerprint density at radius 1 is 1.73 bits per heavy atom. The van der Waals surface area contributed by atoms with E-state index in [4.69, 9.17) is 5.11 Å². The van der Waals surface area contributed by atoms with Gasteiger partial charge >= 0.3 is 0 Å². The highest BCUT2D eigenvalue weighted by atomic mass is 16.3. The van der Waals surface area contributed by atoms with Crippen LogP contribution in [-0.4, -0.2) is 47.2 Å². The van der Waals surface area contributed by atoms with Gasteiger partial charge in [-0.05, 0) is 20.3 Å². The molecule has 0 aromatic carbocycles. The van der Waals surface area contributed by atoms with Crippen molar-refractivity contribution in [3.8, 4) is 0 Å². The van der Waals surface area contributed by atoms with Gasteiger partial charge in [0.2, 0.25) is 5.91 Å². The molecule has 15 heavy (non-hydrogen) atoms. The summed E-state index contributed by atoms with van der Waals surface area (Å²) in [5.41, 5.74) is -0.202. The number of nitrogens with zero attached hydrogens (tertiary/aromatic N) is 1. The van der Waals surface area contributed by atoms with Crippen LogP contribution in [0, 0.1) is 0 Å². The maximum Gasteiger partial charge on any atom is 0.237 e. The highest BCUT2D eigenvalue weighted by molar-refractivity contribution is 5.83. The third kappa shape index (κ3) is 3.04. The van der Waals surface area contributed by atoms with Gasteiger partial charge in [-0.15, -0.1) is 6.58 Å². The fourth-order valence-electron chi connectivity index (χ4n) is 2.03. The number of aliphatic hydroxyl groups is 1. The van der Waals surface area contributed by atoms with Crippen LogP contribution in [0.4, 0.5) is 0 Å². The minimum Gasteiger partial charge on any atom is -0.396 e. The minimum absolute atomic E-state index is 0.00199. The van der Waals surface area contributed by atoms with Crippen molar-refractivity contribution in [2.24, 2.45) is 0 Å². The van der Waals surface area contributed by atoms with Gasteiger partial charge in [0.05, 0.1) is 6.04 Å². The number of nitrogens with one attached hydrogen (secondary N) is 1. The first-order chi connectivity index (χ1) is 7.00. The molecule has 1 fully saturated rings. The van der Waals surface area contributed by atoms with E-state index in [1.165, 1.54) is 0 Å². The summed E-state index contributed by atoms with van der Waals surface area (Å²) in [6.45, 7) is 9.18. The summed E-state index contributed by atoms with van der Waals surface area (Å²) in [6, 6.07) is -0.221. The molecule has 0 aliphatic carbocycles. The largest absolute Gasteiger partial charge is 0.396 e. The van der Waals surface area contributed by atoms with Crippen LogP contribution >= 0.6 is 0 Å². The molecule has 0 aromatic rings. The van der Waals surface area contributed by atoms with E-state index in [1.54, 1.807) is 6.08 Å². The topological polar surface area (TPSA) is 52.6 Å². The highest BCUT2D eigenvalue weighted by Gasteiger charge is 2.37. The molecular weight excluding hydrogens is 192 g/mol. The molecular formula is C11H20N2O2. The zero-order valence-corrected chi connectivity index (χ0v) is 9.49. The number of rotatable bonds is 4. The van der Waals surface area contributed by atoms with Gasteiger partial charge in [-0.25, -0.2) is 0 Å². The Labute approximate surface area is 91.0 Å². The van der Waals surface area contributed by atoms with Crippen LogP contribution in [-0.2, 0) is 4.79 Å². The molecule has 1 saturated heterocycles. The van der Waals surface area contributed by atoms with Gasteiger partial charge in [-0.1, -0.05) is 6.08 Å². The smallest absolute Gasteiger partial charge is 0.237 e. The fraction of sp³-hybridized carbons (Fsp3) is 0.727. The normalized spacial score (nSPS) is 26.1. The SMILES string of the molecule is C=CCN1CC(C)(C)NC(=O)C1CCO. The number of aliphatic hydroxyl groups excluding tert-OH is 1. The molecule has 1 unspecified atom stereocenters. The third-order valence-corrected chi connectivity index (χ3v) is 2.57. The second-order valence-electron chi connectivity index (χ2n) is 4.62. The number of hydrogen-bond donors (Lipinski definition) is 2. The van der Waals surface area contributed by atoms with Crippen LogP contribution in [0.3, 0.4) is 0 Å². The van der Waals surface area contributed by atoms with Crippen molar-refractivity contribution in [2.75, 3.05) is 19.7 Å². The molecule has 1 heterocycles. The fourth-order valence-corrected chi connectivity index (χ4v) is 2.03. The highest BCUT2D eigenvalue weighted by Crippen LogP contribution is 2.17. The van der Waals surface area contributed by atoms with Crippen molar-refractivity contribution in [2.45, 2.75) is 31.8 Å². The maximum atomic E-state index is 11.8. The van der Waals surface area contributed by atoms with E-state index in [9.17, 15) is 4.79 Å². The molecule has 1 amide bonds. The molecule has 4 nitrogen and oxygen atoms in total. The zero-order chi connectivity index (χ0) is 11.5. The lowest BCUT2D eigenvalue weighted by molar-refractivity contribution is -0.133. The van der Waals surface area contributed by atoms with Crippen molar-refractivity contribution in [3.05, 3.63) is 12.7 Å². The molecule has 4 heteroatoms. The average Bonchev–Trinajstić information content (AvgIpc) is 2.10. The van der Waals surface area contributed by atoms with E-state index in [1.807, 2.05) is 13.8 Å². The van der Waals surface area contributed by atoms with Crippen LogP contribution < -0.4 is 5.32 Å². The molecule has 0 aromatic heterocycles. The number of hydrogen-bond acceptors (Lipinski definition) is 3. The van der Waals surface area contributed by atoms with Crippen LogP contribution in [0.25, 0.3) is 0 Å². The number of carbonyl (C=O) groups excluding carboxylic acids is 1. The predicted octanol–water partition coefficient (Wildman–Crippen LogP) is 0.134. The third-order valence-electron chi connectivity index (χ3n) is 2.57. The summed E-state index contributed by atoms with van der Waals surface area (Å²) < 4.78 is 0. The number of piperazine rings is 1. The van der Waals surface area contributed by atoms with Crippen LogP contribution in [0.1, 0.15) is 20.3 Å². The number of carbonyl (C=O) groups is 1. The molecule has 1 atom stereocenters. The molecule has 0 saturated carbocycles. The Kier molecular flexibility index (Phi) is 3.88. The zero-order valence-electron chi connectivity index (χ0n) is 9.49. The van der Waals surface area contributed by atoms with Crippen LogP contribution in [0.5, 0.6) is 0 Å². The van der Waals surface area contributed by atoms with Gasteiger partial charge in [0.25, 0.3) is 0 Å². The number of amides is 1. The lowest BCUT2D eigenvalue weighted by Crippen LogP contribution is -2.64. The molecule has 1 aliphatic heterocycles. The summed E-state index contributed by atoms with van der Waals surface area (Å²) in [5, 5.41) is 11.9. The molecule has 0 radical (unpaired) electrons. The van der Waals surface area contributed by atoms with E-state index in [0.717, 1.165) is 6.54 Å². The summed E-state index contributed by atoms with van der Waals surface area (Å²) in [7, 11) is 0. The molecule has 1 rings (SSSR count). The molecule has 0 spiro atoms. The first-order valence-corrected chi connectivity index (χ1v) is 5.28. The second kappa shape index (κ2) is 4.77. The van der Waals surface area contributed by atoms with E-state index in [-0.39, 0.29) is 24.1 Å². The van der Waals surface area contributed by atoms with E-state index < -0.39 is 0 Å². The lowest BCUT2D eigenvalue weighted by atomic mass is 9.97. The van der Waals surface area contributed by atoms with Crippen LogP contribution in [0.15, 0.2) is 12.7 Å². The van der Waals surface area contributed by atoms with Crippen molar-refractivity contribution >= 4 is 5.91 Å². The lowest BCUT2D eigenvalue weighted by Gasteiger charge is -2.43. The first-order valence-electron chi connectivity index (χ1n) is 5.28. The van der Waals surface area contributed by atoms with Crippen LogP contribution in [0.2, 0.25) is 0 Å². The Hall–Kier alpha value is -0.870. The van der Waals surface area contributed by atoms with Crippen molar-refractivity contribution < 1.29 is 9.90 Å². The van der Waals surface area contributed by atoms with E-state index in [0.29, 0.717) is 13.0 Å². The Balaban J connectivity index is 2.75. The van der Waals surface area contributed by atoms with Crippen molar-refractivity contribution in [3.63, 3.8) is 0 Å². The van der Waals surface area contributed by atoms with Crippen molar-refractivity contribution in [1.29, 1.82) is 0 Å². The summed E-state index contributed by atoms with van der Waals surface area (Å²) in [4.78, 5) is 13.8. The minimum atomic E-state index is -0.221. The predicted molar refractivity (Wildman–Crippen MR) is 59.5 cm³/mol. The van der Waals surface area contributed by atoms with Crippen molar-refractivity contribution in [1.82, 2.24) is 10.2 Å². The quantitative estimate of drug-likeness (QED) is 0.651. The summed E-state index contributed by atoms with van der Waals surface area (Å²) in [6.07, 6.45) is 2.27. The average molecular weight is 212 g/mol. The van der Waals surface area contributed by atoms with Gasteiger partial charge < -0.3 is 10.4 Å². The molecule has 1 aliphatic rings. The molecule has 2 N–H and O–H groups in total. The van der Waals surface area contributed by atoms with E-state index in [2.05, 4.69) is 16.8 Å². The van der Waals surface area contributed by atoms with Gasteiger partial charge in [-0.2, -0.15) is 0 Å². The Morgan fingerprint density at radius 2 is 2.40 bits per heavy atom. The molecule has 0 bridgehead atoms. The Bertz CT molecular complexity index is 251. The van der Waals surface area contributed by atoms with Gasteiger partial charge in [0, 0.05) is 25.2 Å². The maximum absolute atomic E-state index is 11.8. The first kappa shape index (κ1) is 12.2. The Morgan fingerprint density at radius 3 is 2.93 bits per heavy atom. The summed E-state index contributed by atoms with van der Waals surface area (Å²) in [5.74, 6) is 0.00199. The molecule has 86 valence electrons.